The molecular weight excluding hydrogens is 263 g/mol. The number of benzene rings is 1. The second-order valence-electron chi connectivity index (χ2n) is 4.16. The first-order chi connectivity index (χ1) is 9.11. The molecule has 3 aromatic rings. The van der Waals surface area contributed by atoms with Crippen LogP contribution in [0.1, 0.15) is 5.56 Å². The molecular formula is C13H11FN4S. The summed E-state index contributed by atoms with van der Waals surface area (Å²) in [5, 5.41) is 3.66. The fourth-order valence-corrected chi connectivity index (χ4v) is 2.46. The monoisotopic (exact) mass is 274 g/mol. The van der Waals surface area contributed by atoms with E-state index in [0.717, 1.165) is 27.4 Å². The molecule has 2 heterocycles. The number of nitrogens with two attached hydrogens (primary N) is 1. The maximum atomic E-state index is 12.9. The quantitative estimate of drug-likeness (QED) is 0.751. The number of nitrogen functional groups attached to an aromatic ring is 1. The number of aromatic nitrogens is 2. The zero-order valence-corrected chi connectivity index (χ0v) is 11.0. The molecule has 6 heteroatoms. The molecule has 0 atom stereocenters. The molecule has 0 bridgehead atoms. The minimum atomic E-state index is -0.263. The van der Waals surface area contributed by atoms with E-state index in [1.165, 1.54) is 23.5 Å². The second-order valence-corrected chi connectivity index (χ2v) is 5.17. The average Bonchev–Trinajstić information content (AvgIpc) is 2.72. The van der Waals surface area contributed by atoms with Gasteiger partial charge < -0.3 is 11.1 Å². The van der Waals surface area contributed by atoms with Crippen LogP contribution in [0.5, 0.6) is 0 Å². The molecule has 0 aliphatic carbocycles. The summed E-state index contributed by atoms with van der Waals surface area (Å²) in [4.78, 5) is 9.46. The summed E-state index contributed by atoms with van der Waals surface area (Å²) in [6, 6.07) is 8.08. The van der Waals surface area contributed by atoms with E-state index in [9.17, 15) is 4.39 Å². The van der Waals surface area contributed by atoms with E-state index in [4.69, 9.17) is 5.73 Å². The number of rotatable bonds is 2. The second kappa shape index (κ2) is 4.47. The third kappa shape index (κ3) is 2.34. The topological polar surface area (TPSA) is 63.8 Å². The van der Waals surface area contributed by atoms with Crippen LogP contribution in [0.4, 0.5) is 21.0 Å². The number of aryl methyl sites for hydroxylation is 1. The number of hydrogen-bond acceptors (Lipinski definition) is 5. The van der Waals surface area contributed by atoms with Crippen LogP contribution in [0.15, 0.2) is 30.3 Å². The summed E-state index contributed by atoms with van der Waals surface area (Å²) in [5.74, 6) is 0.462. The van der Waals surface area contributed by atoms with Gasteiger partial charge in [0.15, 0.2) is 5.13 Å². The predicted molar refractivity (Wildman–Crippen MR) is 76.2 cm³/mol. The molecule has 0 unspecified atom stereocenters. The molecule has 4 nitrogen and oxygen atoms in total. The summed E-state index contributed by atoms with van der Waals surface area (Å²) >= 11 is 1.34. The average molecular weight is 274 g/mol. The van der Waals surface area contributed by atoms with E-state index >= 15 is 0 Å². The summed E-state index contributed by atoms with van der Waals surface area (Å²) in [6.45, 7) is 1.94. The Labute approximate surface area is 113 Å². The van der Waals surface area contributed by atoms with E-state index in [1.807, 2.05) is 13.0 Å². The zero-order valence-electron chi connectivity index (χ0n) is 10.1. The van der Waals surface area contributed by atoms with Gasteiger partial charge in [0, 0.05) is 5.69 Å². The highest BCUT2D eigenvalue weighted by Crippen LogP contribution is 2.27. The highest BCUT2D eigenvalue weighted by atomic mass is 32.1. The smallest absolute Gasteiger partial charge is 0.182 e. The van der Waals surface area contributed by atoms with E-state index < -0.39 is 0 Å². The predicted octanol–water partition coefficient (Wildman–Crippen LogP) is 3.46. The van der Waals surface area contributed by atoms with Crippen molar-refractivity contribution < 1.29 is 4.39 Å². The van der Waals surface area contributed by atoms with Gasteiger partial charge >= 0.3 is 0 Å². The van der Waals surface area contributed by atoms with Gasteiger partial charge in [-0.1, -0.05) is 11.3 Å². The SMILES string of the molecule is Cc1cc2nc(N)sc2nc1Nc1ccc(F)cc1. The van der Waals surface area contributed by atoms with Crippen molar-refractivity contribution in [3.05, 3.63) is 41.7 Å². The Bertz CT molecular complexity index is 736. The van der Waals surface area contributed by atoms with E-state index in [2.05, 4.69) is 15.3 Å². The first-order valence-corrected chi connectivity index (χ1v) is 6.50. The minimum absolute atomic E-state index is 0.263. The number of fused-ring (bicyclic) bond motifs is 1. The van der Waals surface area contributed by atoms with Crippen molar-refractivity contribution in [1.82, 2.24) is 9.97 Å². The highest BCUT2D eigenvalue weighted by molar-refractivity contribution is 7.21. The Morgan fingerprint density at radius 1 is 1.21 bits per heavy atom. The molecule has 3 rings (SSSR count). The number of hydrogen-bond donors (Lipinski definition) is 2. The largest absolute Gasteiger partial charge is 0.375 e. The zero-order chi connectivity index (χ0) is 13.4. The molecule has 0 aliphatic heterocycles. The summed E-state index contributed by atoms with van der Waals surface area (Å²) in [6.07, 6.45) is 0. The van der Waals surface area contributed by atoms with Crippen LogP contribution in [0.25, 0.3) is 10.3 Å². The number of halogens is 1. The van der Waals surface area contributed by atoms with Crippen LogP contribution in [0.2, 0.25) is 0 Å². The lowest BCUT2D eigenvalue weighted by molar-refractivity contribution is 0.628. The van der Waals surface area contributed by atoms with Crippen molar-refractivity contribution in [2.24, 2.45) is 0 Å². The lowest BCUT2D eigenvalue weighted by Crippen LogP contribution is -1.96. The van der Waals surface area contributed by atoms with Gasteiger partial charge in [-0.25, -0.2) is 14.4 Å². The van der Waals surface area contributed by atoms with Crippen molar-refractivity contribution in [3.63, 3.8) is 0 Å². The molecule has 0 spiro atoms. The molecule has 96 valence electrons. The Balaban J connectivity index is 1.99. The van der Waals surface area contributed by atoms with Crippen LogP contribution in [-0.4, -0.2) is 9.97 Å². The van der Waals surface area contributed by atoms with E-state index in [-0.39, 0.29) is 5.82 Å². The number of pyridine rings is 1. The molecule has 0 saturated heterocycles. The first kappa shape index (κ1) is 11.9. The van der Waals surface area contributed by atoms with E-state index in [1.54, 1.807) is 12.1 Å². The van der Waals surface area contributed by atoms with Gasteiger partial charge in [-0.05, 0) is 42.8 Å². The number of anilines is 3. The third-order valence-corrected chi connectivity index (χ3v) is 3.49. The van der Waals surface area contributed by atoms with Crippen molar-refractivity contribution in [2.45, 2.75) is 6.92 Å². The Morgan fingerprint density at radius 3 is 2.68 bits per heavy atom. The molecule has 1 aromatic carbocycles. The lowest BCUT2D eigenvalue weighted by Gasteiger charge is -2.08. The molecule has 0 amide bonds. The van der Waals surface area contributed by atoms with Gasteiger partial charge in [0.05, 0.1) is 0 Å². The molecule has 2 aromatic heterocycles. The minimum Gasteiger partial charge on any atom is -0.375 e. The number of nitrogens with zero attached hydrogens (tertiary/aromatic N) is 2. The molecule has 0 radical (unpaired) electrons. The lowest BCUT2D eigenvalue weighted by atomic mass is 10.2. The fourth-order valence-electron chi connectivity index (χ4n) is 1.77. The Morgan fingerprint density at radius 2 is 1.95 bits per heavy atom. The maximum Gasteiger partial charge on any atom is 0.182 e. The normalized spacial score (nSPS) is 10.8. The van der Waals surface area contributed by atoms with Crippen molar-refractivity contribution in [2.75, 3.05) is 11.1 Å². The van der Waals surface area contributed by atoms with Crippen LogP contribution in [-0.2, 0) is 0 Å². The Hall–Kier alpha value is -2.21. The van der Waals surface area contributed by atoms with Crippen LogP contribution < -0.4 is 11.1 Å². The third-order valence-electron chi connectivity index (χ3n) is 2.70. The summed E-state index contributed by atoms with van der Waals surface area (Å²) in [7, 11) is 0. The summed E-state index contributed by atoms with van der Waals surface area (Å²) < 4.78 is 12.9. The first-order valence-electron chi connectivity index (χ1n) is 5.68. The molecule has 0 fully saturated rings. The van der Waals surface area contributed by atoms with E-state index in [0.29, 0.717) is 5.13 Å². The van der Waals surface area contributed by atoms with Crippen molar-refractivity contribution in [3.8, 4) is 0 Å². The maximum absolute atomic E-state index is 12.9. The Kier molecular flexibility index (Phi) is 2.79. The number of thiazole rings is 1. The highest BCUT2D eigenvalue weighted by Gasteiger charge is 2.08. The fraction of sp³-hybridized carbons (Fsp3) is 0.0769. The summed E-state index contributed by atoms with van der Waals surface area (Å²) in [5.41, 5.74) is 8.21. The standard InChI is InChI=1S/C13H11FN4S/c1-7-6-10-12(19-13(15)17-10)18-11(7)16-9-4-2-8(14)3-5-9/h2-6H,1H3,(H2,15,17)(H,16,18). The van der Waals surface area contributed by atoms with Crippen LogP contribution in [0, 0.1) is 12.7 Å². The number of nitrogens with one attached hydrogen (secondary N) is 1. The van der Waals surface area contributed by atoms with Crippen molar-refractivity contribution >= 4 is 38.3 Å². The van der Waals surface area contributed by atoms with Gasteiger partial charge in [0.25, 0.3) is 0 Å². The van der Waals surface area contributed by atoms with Gasteiger partial charge in [0.1, 0.15) is 22.0 Å². The van der Waals surface area contributed by atoms with Gasteiger partial charge in [-0.2, -0.15) is 0 Å². The van der Waals surface area contributed by atoms with Crippen molar-refractivity contribution in [1.29, 1.82) is 0 Å². The van der Waals surface area contributed by atoms with Gasteiger partial charge in [-0.15, -0.1) is 0 Å². The molecule has 3 N–H and O–H groups in total. The van der Waals surface area contributed by atoms with Crippen LogP contribution in [0.3, 0.4) is 0 Å². The molecule has 19 heavy (non-hydrogen) atoms. The van der Waals surface area contributed by atoms with Gasteiger partial charge in [0.2, 0.25) is 0 Å². The van der Waals surface area contributed by atoms with Gasteiger partial charge in [-0.3, -0.25) is 0 Å². The van der Waals surface area contributed by atoms with Crippen LogP contribution >= 0.6 is 11.3 Å². The molecule has 0 saturated carbocycles. The molecule has 0 aliphatic rings.